The number of fused-ring (bicyclic) bond motifs is 5. The van der Waals surface area contributed by atoms with E-state index >= 15 is 0 Å². The lowest BCUT2D eigenvalue weighted by molar-refractivity contribution is -0.139. The zero-order valence-corrected chi connectivity index (χ0v) is 59.4. The zero-order valence-electron chi connectivity index (χ0n) is 59.4. The van der Waals surface area contributed by atoms with Gasteiger partial charge in [0.05, 0.1) is 16.6 Å². The average Bonchev–Trinajstić information content (AvgIpc) is 1.68. The Balaban J connectivity index is 0.000000136. The van der Waals surface area contributed by atoms with Crippen LogP contribution in [0.15, 0.2) is 328 Å². The third-order valence-corrected chi connectivity index (χ3v) is 17.4. The number of aromatic nitrogens is 5. The van der Waals surface area contributed by atoms with Crippen molar-refractivity contribution in [2.24, 2.45) is 29.5 Å². The van der Waals surface area contributed by atoms with E-state index in [-0.39, 0.29) is 5.91 Å². The van der Waals surface area contributed by atoms with Gasteiger partial charge in [0.1, 0.15) is 0 Å². The molecule has 21 nitrogen and oxygen atoms in total. The van der Waals surface area contributed by atoms with E-state index in [1.165, 1.54) is 52.6 Å². The molecule has 0 saturated carbocycles. The maximum atomic E-state index is 12.5. The number of H-pyrrole nitrogens is 1. The van der Waals surface area contributed by atoms with Crippen LogP contribution in [0.5, 0.6) is 0 Å². The maximum absolute atomic E-state index is 12.5. The summed E-state index contributed by atoms with van der Waals surface area (Å²) in [4.78, 5) is 91.6. The normalized spacial score (nSPS) is 11.1. The Hall–Kier alpha value is -14.6. The van der Waals surface area contributed by atoms with Crippen molar-refractivity contribution in [2.45, 2.75) is 19.5 Å². The highest BCUT2D eigenvalue weighted by Crippen LogP contribution is 2.28. The molecule has 548 valence electrons. The minimum absolute atomic E-state index is 0.0874. The molecule has 5 heterocycles. The number of para-hydroxylation sites is 2. The van der Waals surface area contributed by atoms with Crippen LogP contribution in [0, 0.1) is 0 Å². The van der Waals surface area contributed by atoms with Gasteiger partial charge < -0.3 is 42.9 Å². The van der Waals surface area contributed by atoms with Gasteiger partial charge >= 0.3 is 29.8 Å². The molecular formula is C89H76N10O11. The van der Waals surface area contributed by atoms with Crippen LogP contribution in [0.4, 0.5) is 0 Å². The van der Waals surface area contributed by atoms with Gasteiger partial charge in [-0.05, 0) is 178 Å². The lowest BCUT2D eigenvalue weighted by Gasteiger charge is -2.06. The molecule has 11 N–H and O–H groups in total. The fourth-order valence-corrected chi connectivity index (χ4v) is 12.1. The Morgan fingerprint density at radius 2 is 0.764 bits per heavy atom. The van der Waals surface area contributed by atoms with Gasteiger partial charge in [-0.15, -0.1) is 0 Å². The Morgan fingerprint density at radius 1 is 0.345 bits per heavy atom. The van der Waals surface area contributed by atoms with Crippen molar-refractivity contribution in [2.75, 3.05) is 0 Å². The summed E-state index contributed by atoms with van der Waals surface area (Å²) in [5.41, 5.74) is 16.4. The van der Waals surface area contributed by atoms with Crippen LogP contribution in [0.3, 0.4) is 0 Å². The third kappa shape index (κ3) is 20.7. The second kappa shape index (κ2) is 38.4. The number of carbonyl (C=O) groups excluding carboxylic acids is 6. The highest BCUT2D eigenvalue weighted by molar-refractivity contribution is 6.03. The molecule has 21 heteroatoms. The van der Waals surface area contributed by atoms with E-state index in [9.17, 15) is 28.8 Å². The van der Waals surface area contributed by atoms with Gasteiger partial charge in [-0.25, -0.2) is 24.0 Å². The van der Waals surface area contributed by atoms with Gasteiger partial charge in [0.2, 0.25) is 0 Å². The maximum Gasteiger partial charge on any atom is 0.349 e. The fourth-order valence-electron chi connectivity index (χ4n) is 12.1. The molecule has 0 unspecified atom stereocenters. The molecule has 0 saturated heterocycles. The zero-order chi connectivity index (χ0) is 77.0. The molecule has 0 aliphatic rings. The first kappa shape index (κ1) is 76.5. The molecule has 5 aromatic heterocycles. The molecule has 110 heavy (non-hydrogen) atoms. The standard InChI is InChI=1S/C18H14N2O3.3C18H16N2O2.C17H14N2O2/c19-23-17(21)9-7-13-6-8-16-15(12-13)10-11-20(16)18(22)14-4-2-1-3-5-14;19-22-17(21)10-9-14-7-4-8-16-15(12-20-18(14)16)11-13-5-2-1-3-6-13;19-22-18(21)10-9-15-7-4-8-17-16(15)11-12-20(17)13-14-5-2-1-3-6-14;19-22-18(21)9-7-14-6-8-17-16(12-14)10-11-20(17)13-15-4-2-1-3-5-15;18-21-17(20)9-7-13-6-8-16-14(12-13)10-11-19(16)15-4-2-1-3-5-15/h1-12H,19H2;1-10,12,20H,11,19H2;2*1-12H,13,19H2;1-12H,18H2/b9-7+;2*10-9+;2*9-7+. The van der Waals surface area contributed by atoms with Gasteiger partial charge in [-0.3, -0.25) is 9.36 Å². The molecule has 15 aromatic rings. The van der Waals surface area contributed by atoms with Crippen molar-refractivity contribution < 1.29 is 53.0 Å². The van der Waals surface area contributed by atoms with Crippen LogP contribution in [-0.2, 0) is 67.7 Å². The van der Waals surface area contributed by atoms with E-state index in [0.717, 1.165) is 108 Å². The first-order valence-electron chi connectivity index (χ1n) is 34.5. The lowest BCUT2D eigenvalue weighted by atomic mass is 10.0. The Kier molecular flexibility index (Phi) is 26.7. The average molecular weight is 1460 g/mol. The van der Waals surface area contributed by atoms with Crippen molar-refractivity contribution in [1.29, 1.82) is 0 Å². The van der Waals surface area contributed by atoms with Crippen molar-refractivity contribution in [3.05, 3.63) is 384 Å². The van der Waals surface area contributed by atoms with Gasteiger partial charge in [0.25, 0.3) is 5.91 Å². The van der Waals surface area contributed by atoms with Gasteiger partial charge in [-0.1, -0.05) is 176 Å². The number of nitrogens with zero attached hydrogens (tertiary/aromatic N) is 4. The Bertz CT molecular complexity index is 5680. The Labute approximate surface area is 632 Å². The molecule has 15 rings (SSSR count). The topological polar surface area (TPSA) is 314 Å². The number of hydrogen-bond acceptors (Lipinski definition) is 16. The largest absolute Gasteiger partial charge is 0.370 e. The van der Waals surface area contributed by atoms with Crippen LogP contribution >= 0.6 is 0 Å². The van der Waals surface area contributed by atoms with Crippen LogP contribution in [0.2, 0.25) is 0 Å². The summed E-state index contributed by atoms with van der Waals surface area (Å²) in [6.45, 7) is 1.64. The van der Waals surface area contributed by atoms with Crippen molar-refractivity contribution >= 4 is 121 Å². The molecule has 10 aromatic carbocycles. The minimum atomic E-state index is -0.623. The van der Waals surface area contributed by atoms with Crippen LogP contribution in [0.1, 0.15) is 60.4 Å². The molecule has 0 fully saturated rings. The summed E-state index contributed by atoms with van der Waals surface area (Å²) < 4.78 is 8.11. The predicted molar refractivity (Wildman–Crippen MR) is 430 cm³/mol. The number of nitrogens with two attached hydrogens (primary N) is 5. The van der Waals surface area contributed by atoms with Gasteiger partial charge in [0, 0.05) is 124 Å². The minimum Gasteiger partial charge on any atom is -0.370 e. The fraction of sp³-hybridized carbons (Fsp3) is 0.0337. The summed E-state index contributed by atoms with van der Waals surface area (Å²) in [5, 5.41) is 5.35. The van der Waals surface area contributed by atoms with E-state index in [1.54, 1.807) is 53.3 Å². The van der Waals surface area contributed by atoms with E-state index in [4.69, 9.17) is 29.5 Å². The number of aromatic amines is 1. The number of rotatable bonds is 18. The monoisotopic (exact) mass is 1460 g/mol. The highest BCUT2D eigenvalue weighted by atomic mass is 16.7. The SMILES string of the molecule is NOC(=O)/C=C/c1ccc2c(ccn2-c2ccccc2)c1.NOC(=O)/C=C/c1ccc2c(ccn2C(=O)c2ccccc2)c1.NOC(=O)/C=C/c1ccc2c(ccn2Cc2ccccc2)c1.NOC(=O)/C=C/c1cccc2c(Cc3ccccc3)c[nH]c12.NOC(=O)/C=C/c1cccc2c1ccn2Cc1ccccc1. The van der Waals surface area contributed by atoms with Crippen molar-refractivity contribution in [3.63, 3.8) is 0 Å². The molecule has 0 amide bonds. The molecule has 0 radical (unpaired) electrons. The van der Waals surface area contributed by atoms with E-state index in [2.05, 4.69) is 122 Å². The van der Waals surface area contributed by atoms with E-state index in [0.29, 0.717) is 5.56 Å². The van der Waals surface area contributed by atoms with Crippen molar-refractivity contribution in [3.8, 4) is 5.69 Å². The highest BCUT2D eigenvalue weighted by Gasteiger charge is 2.13. The quantitative estimate of drug-likeness (QED) is 0.0343. The first-order valence-corrected chi connectivity index (χ1v) is 34.5. The smallest absolute Gasteiger partial charge is 0.349 e. The van der Waals surface area contributed by atoms with Crippen molar-refractivity contribution in [1.82, 2.24) is 23.3 Å². The number of nitrogens with one attached hydrogen (secondary N) is 1. The molecule has 0 atom stereocenters. The number of carbonyl (C=O) groups is 6. The van der Waals surface area contributed by atoms with Gasteiger partial charge in [-0.2, -0.15) is 29.5 Å². The second-order valence-corrected chi connectivity index (χ2v) is 24.6. The molecule has 0 aliphatic heterocycles. The summed E-state index contributed by atoms with van der Waals surface area (Å²) >= 11 is 0. The van der Waals surface area contributed by atoms with Gasteiger partial charge in [0.15, 0.2) is 0 Å². The molecule has 0 spiro atoms. The van der Waals surface area contributed by atoms with Crippen LogP contribution in [0.25, 0.3) is 90.6 Å². The first-order chi connectivity index (χ1) is 53.8. The summed E-state index contributed by atoms with van der Waals surface area (Å²) in [5.74, 6) is 21.0. The lowest BCUT2D eigenvalue weighted by Crippen LogP contribution is -2.10. The second-order valence-electron chi connectivity index (χ2n) is 24.6. The summed E-state index contributed by atoms with van der Waals surface area (Å²) in [6, 6.07) is 87.7. The van der Waals surface area contributed by atoms with Crippen LogP contribution < -0.4 is 29.5 Å². The Morgan fingerprint density at radius 3 is 1.31 bits per heavy atom. The molecule has 0 aliphatic carbocycles. The molecular weight excluding hydrogens is 1390 g/mol. The van der Waals surface area contributed by atoms with E-state index < -0.39 is 29.8 Å². The predicted octanol–water partition coefficient (Wildman–Crippen LogP) is 15.2. The molecule has 0 bridgehead atoms. The summed E-state index contributed by atoms with van der Waals surface area (Å²) in [7, 11) is 0. The number of hydrogen-bond donors (Lipinski definition) is 6. The number of benzene rings is 10. The van der Waals surface area contributed by atoms with Crippen LogP contribution in [-0.4, -0.2) is 59.0 Å². The summed E-state index contributed by atoms with van der Waals surface area (Å²) in [6.07, 6.45) is 25.6. The third-order valence-electron chi connectivity index (χ3n) is 17.4. The van der Waals surface area contributed by atoms with E-state index in [1.807, 2.05) is 200 Å².